The van der Waals surface area contributed by atoms with Crippen molar-refractivity contribution >= 4 is 5.97 Å². The molecule has 0 spiro atoms. The van der Waals surface area contributed by atoms with E-state index in [4.69, 9.17) is 0 Å². The number of carboxylic acids is 1. The molecule has 0 heterocycles. The lowest BCUT2D eigenvalue weighted by atomic mass is 9.81. The van der Waals surface area contributed by atoms with Gasteiger partial charge in [0.2, 0.25) is 0 Å². The predicted molar refractivity (Wildman–Crippen MR) is 80.9 cm³/mol. The van der Waals surface area contributed by atoms with Crippen LogP contribution in [0.1, 0.15) is 44.6 Å². The topological polar surface area (TPSA) is 40.5 Å². The third-order valence-electron chi connectivity index (χ3n) is 4.65. The number of benzene rings is 1. The molecule has 20 heavy (non-hydrogen) atoms. The fourth-order valence-electron chi connectivity index (χ4n) is 3.24. The van der Waals surface area contributed by atoms with Crippen LogP contribution in [0.2, 0.25) is 0 Å². The van der Waals surface area contributed by atoms with Gasteiger partial charge in [0, 0.05) is 12.6 Å². The quantitative estimate of drug-likeness (QED) is 0.896. The average molecular weight is 275 g/mol. The maximum absolute atomic E-state index is 11.8. The van der Waals surface area contributed by atoms with Crippen LogP contribution >= 0.6 is 0 Å². The van der Waals surface area contributed by atoms with Crippen molar-refractivity contribution in [3.63, 3.8) is 0 Å². The van der Waals surface area contributed by atoms with Crippen LogP contribution in [-0.2, 0) is 10.2 Å². The van der Waals surface area contributed by atoms with E-state index in [0.29, 0.717) is 12.6 Å². The summed E-state index contributed by atoms with van der Waals surface area (Å²) in [6.07, 6.45) is 6.25. The van der Waals surface area contributed by atoms with Crippen molar-refractivity contribution in [3.05, 3.63) is 35.9 Å². The molecule has 3 heteroatoms. The van der Waals surface area contributed by atoms with Crippen molar-refractivity contribution in [1.82, 2.24) is 4.90 Å². The van der Waals surface area contributed by atoms with Crippen LogP contribution in [-0.4, -0.2) is 35.6 Å². The second kappa shape index (κ2) is 6.40. The molecular formula is C17H25NO2. The minimum Gasteiger partial charge on any atom is -0.481 e. The van der Waals surface area contributed by atoms with Gasteiger partial charge in [0.05, 0.1) is 0 Å². The summed E-state index contributed by atoms with van der Waals surface area (Å²) in [7, 11) is 2.07. The third-order valence-corrected chi connectivity index (χ3v) is 4.65. The number of hydrogen-bond acceptors (Lipinski definition) is 2. The lowest BCUT2D eigenvalue weighted by molar-refractivity contribution is -0.144. The summed E-state index contributed by atoms with van der Waals surface area (Å²) < 4.78 is 0. The molecule has 1 unspecified atom stereocenters. The number of aliphatic carboxylic acids is 1. The van der Waals surface area contributed by atoms with Gasteiger partial charge >= 0.3 is 5.97 Å². The van der Waals surface area contributed by atoms with Crippen LogP contribution < -0.4 is 0 Å². The predicted octanol–water partition coefficient (Wildman–Crippen LogP) is 3.29. The summed E-state index contributed by atoms with van der Waals surface area (Å²) in [4.78, 5) is 14.1. The summed E-state index contributed by atoms with van der Waals surface area (Å²) in [5, 5.41) is 9.71. The Balaban J connectivity index is 2.15. The van der Waals surface area contributed by atoms with Crippen LogP contribution in [0.3, 0.4) is 0 Å². The zero-order valence-electron chi connectivity index (χ0n) is 12.5. The largest absolute Gasteiger partial charge is 0.481 e. The van der Waals surface area contributed by atoms with Gasteiger partial charge in [0.15, 0.2) is 0 Å². The minimum absolute atomic E-state index is 0.533. The monoisotopic (exact) mass is 275 g/mol. The molecule has 1 atom stereocenters. The number of rotatable bonds is 5. The number of carbonyl (C=O) groups is 1. The third kappa shape index (κ3) is 3.21. The number of likely N-dealkylation sites (N-methyl/N-ethyl adjacent to an activating group) is 1. The number of nitrogens with zero attached hydrogens (tertiary/aromatic N) is 1. The van der Waals surface area contributed by atoms with E-state index in [2.05, 4.69) is 11.9 Å². The molecule has 0 saturated heterocycles. The summed E-state index contributed by atoms with van der Waals surface area (Å²) in [5.74, 6) is -0.744. The molecule has 1 aromatic carbocycles. The molecule has 3 nitrogen and oxygen atoms in total. The zero-order chi connectivity index (χ0) is 14.6. The number of carboxylic acid groups (broad SMARTS) is 1. The Hall–Kier alpha value is -1.35. The van der Waals surface area contributed by atoms with E-state index < -0.39 is 11.4 Å². The first kappa shape index (κ1) is 15.0. The van der Waals surface area contributed by atoms with E-state index in [9.17, 15) is 9.90 Å². The van der Waals surface area contributed by atoms with Gasteiger partial charge in [-0.3, -0.25) is 4.79 Å². The SMILES string of the molecule is CN(CC(C)(C(=O)O)c1ccccc1)C1CCCCC1. The minimum atomic E-state index is -0.840. The molecule has 1 aliphatic carbocycles. The standard InChI is InChI=1S/C17H25NO2/c1-17(16(19)20,14-9-5-3-6-10-14)13-18(2)15-11-7-4-8-12-15/h3,5-6,9-10,15H,4,7-8,11-13H2,1-2H3,(H,19,20). The van der Waals surface area contributed by atoms with Crippen LogP contribution in [0, 0.1) is 0 Å². The van der Waals surface area contributed by atoms with E-state index in [1.165, 1.54) is 32.1 Å². The second-order valence-electron chi connectivity index (χ2n) is 6.21. The van der Waals surface area contributed by atoms with Gasteiger partial charge in [0.1, 0.15) is 5.41 Å². The Morgan fingerprint density at radius 1 is 1.25 bits per heavy atom. The maximum Gasteiger partial charge on any atom is 0.315 e. The molecule has 1 aliphatic rings. The van der Waals surface area contributed by atoms with Crippen molar-refractivity contribution in [2.24, 2.45) is 0 Å². The highest BCUT2D eigenvalue weighted by atomic mass is 16.4. The molecule has 0 aliphatic heterocycles. The van der Waals surface area contributed by atoms with E-state index in [-0.39, 0.29) is 0 Å². The van der Waals surface area contributed by atoms with Gasteiger partial charge in [-0.1, -0.05) is 49.6 Å². The van der Waals surface area contributed by atoms with E-state index in [0.717, 1.165) is 5.56 Å². The molecule has 0 amide bonds. The first-order valence-corrected chi connectivity index (χ1v) is 7.53. The smallest absolute Gasteiger partial charge is 0.315 e. The molecule has 0 radical (unpaired) electrons. The van der Waals surface area contributed by atoms with Crippen LogP contribution in [0.4, 0.5) is 0 Å². The zero-order valence-corrected chi connectivity index (χ0v) is 12.5. The Morgan fingerprint density at radius 2 is 1.85 bits per heavy atom. The first-order valence-electron chi connectivity index (χ1n) is 7.53. The average Bonchev–Trinajstić information content (AvgIpc) is 2.48. The van der Waals surface area contributed by atoms with Gasteiger partial charge < -0.3 is 10.0 Å². The van der Waals surface area contributed by atoms with Crippen LogP contribution in [0.15, 0.2) is 30.3 Å². The van der Waals surface area contributed by atoms with Crippen molar-refractivity contribution < 1.29 is 9.90 Å². The second-order valence-corrected chi connectivity index (χ2v) is 6.21. The van der Waals surface area contributed by atoms with Crippen molar-refractivity contribution in [2.75, 3.05) is 13.6 Å². The Morgan fingerprint density at radius 3 is 2.40 bits per heavy atom. The molecule has 110 valence electrons. The fraction of sp³-hybridized carbons (Fsp3) is 0.588. The molecule has 0 aromatic heterocycles. The number of hydrogen-bond donors (Lipinski definition) is 1. The molecule has 2 rings (SSSR count). The fourth-order valence-corrected chi connectivity index (χ4v) is 3.24. The van der Waals surface area contributed by atoms with Gasteiger partial charge in [-0.15, -0.1) is 0 Å². The normalized spacial score (nSPS) is 19.8. The van der Waals surface area contributed by atoms with Crippen molar-refractivity contribution in [3.8, 4) is 0 Å². The van der Waals surface area contributed by atoms with Crippen LogP contribution in [0.25, 0.3) is 0 Å². The molecule has 1 aromatic rings. The first-order chi connectivity index (χ1) is 9.54. The van der Waals surface area contributed by atoms with Gasteiger partial charge in [0.25, 0.3) is 0 Å². The summed E-state index contributed by atoms with van der Waals surface area (Å²) in [5.41, 5.74) is 0.0446. The van der Waals surface area contributed by atoms with Crippen LogP contribution in [0.5, 0.6) is 0 Å². The Bertz CT molecular complexity index is 440. The lowest BCUT2D eigenvalue weighted by Gasteiger charge is -2.37. The van der Waals surface area contributed by atoms with E-state index in [1.54, 1.807) is 0 Å². The van der Waals surface area contributed by atoms with E-state index >= 15 is 0 Å². The molecule has 1 N–H and O–H groups in total. The summed E-state index contributed by atoms with van der Waals surface area (Å²) >= 11 is 0. The highest BCUT2D eigenvalue weighted by molar-refractivity contribution is 5.81. The highest BCUT2D eigenvalue weighted by Gasteiger charge is 2.37. The lowest BCUT2D eigenvalue weighted by Crippen LogP contribution is -2.47. The van der Waals surface area contributed by atoms with Gasteiger partial charge in [-0.05, 0) is 32.4 Å². The molecule has 1 fully saturated rings. The maximum atomic E-state index is 11.8. The highest BCUT2D eigenvalue weighted by Crippen LogP contribution is 2.28. The molecular weight excluding hydrogens is 250 g/mol. The molecule has 1 saturated carbocycles. The van der Waals surface area contributed by atoms with Gasteiger partial charge in [-0.2, -0.15) is 0 Å². The summed E-state index contributed by atoms with van der Waals surface area (Å²) in [6, 6.07) is 10.1. The Kier molecular flexibility index (Phi) is 4.81. The van der Waals surface area contributed by atoms with Crippen molar-refractivity contribution in [1.29, 1.82) is 0 Å². The molecule has 0 bridgehead atoms. The van der Waals surface area contributed by atoms with Crippen molar-refractivity contribution in [2.45, 2.75) is 50.5 Å². The Labute approximate surface area is 121 Å². The van der Waals surface area contributed by atoms with E-state index in [1.807, 2.05) is 37.3 Å². The van der Waals surface area contributed by atoms with Gasteiger partial charge in [-0.25, -0.2) is 0 Å². The summed E-state index contributed by atoms with van der Waals surface area (Å²) in [6.45, 7) is 2.40.